The van der Waals surface area contributed by atoms with Crippen molar-refractivity contribution in [2.75, 3.05) is 18.0 Å². The monoisotopic (exact) mass is 249 g/mol. The number of aryl methyl sites for hydroxylation is 1. The average molecular weight is 249 g/mol. The largest absolute Gasteiger partial charge is 0.341 e. The van der Waals surface area contributed by atoms with Crippen LogP contribution in [0.2, 0.25) is 0 Å². The lowest BCUT2D eigenvalue weighted by molar-refractivity contribution is 0.310. The summed E-state index contributed by atoms with van der Waals surface area (Å²) in [6.07, 6.45) is 4.40. The van der Waals surface area contributed by atoms with Crippen molar-refractivity contribution in [3.8, 4) is 0 Å². The highest BCUT2D eigenvalue weighted by molar-refractivity contribution is 5.30. The second-order valence-corrected chi connectivity index (χ2v) is 5.07. The summed E-state index contributed by atoms with van der Waals surface area (Å²) in [4.78, 5) is 11.1. The third kappa shape index (κ3) is 3.97. The first-order valence-corrected chi connectivity index (χ1v) is 7.21. The molecule has 1 aliphatic rings. The smallest absolute Gasteiger partial charge is 0.225 e. The van der Waals surface area contributed by atoms with Crippen LogP contribution in [0.5, 0.6) is 0 Å². The molecule has 1 saturated heterocycles. The van der Waals surface area contributed by atoms with Gasteiger partial charge in [-0.15, -0.1) is 0 Å². The molecule has 1 aromatic rings. The van der Waals surface area contributed by atoms with Gasteiger partial charge in [-0.2, -0.15) is 0 Å². The lowest BCUT2D eigenvalue weighted by atomic mass is 9.87. The summed E-state index contributed by atoms with van der Waals surface area (Å²) in [7, 11) is 0. The van der Waals surface area contributed by atoms with Gasteiger partial charge >= 0.3 is 0 Å². The van der Waals surface area contributed by atoms with Crippen molar-refractivity contribution in [2.45, 2.75) is 47.5 Å². The molecule has 2 rings (SSSR count). The second-order valence-electron chi connectivity index (χ2n) is 5.07. The van der Waals surface area contributed by atoms with Gasteiger partial charge in [0.1, 0.15) is 0 Å². The van der Waals surface area contributed by atoms with Gasteiger partial charge < -0.3 is 4.90 Å². The Hall–Kier alpha value is -1.12. The first-order chi connectivity index (χ1) is 8.66. The topological polar surface area (TPSA) is 29.0 Å². The van der Waals surface area contributed by atoms with E-state index in [9.17, 15) is 0 Å². The molecule has 0 unspecified atom stereocenters. The van der Waals surface area contributed by atoms with Crippen LogP contribution in [-0.2, 0) is 0 Å². The van der Waals surface area contributed by atoms with Gasteiger partial charge in [0.25, 0.3) is 0 Å². The van der Waals surface area contributed by atoms with Crippen molar-refractivity contribution in [2.24, 2.45) is 11.8 Å². The number of aromatic nitrogens is 2. The number of hydrogen-bond donors (Lipinski definition) is 0. The lowest BCUT2D eigenvalue weighted by Gasteiger charge is -2.33. The van der Waals surface area contributed by atoms with E-state index < -0.39 is 0 Å². The molecule has 0 saturated carbocycles. The second kappa shape index (κ2) is 7.34. The standard InChI is InChI=1S/C13H21N3.C2H6/c1-10(2)12-5-8-16(9-6-12)13-14-7-4-11(3)15-13;1-2/h4,7,10,12H,5-6,8-9H2,1-3H3;1-2H3. The normalized spacial score (nSPS) is 16.4. The van der Waals surface area contributed by atoms with Crippen LogP contribution < -0.4 is 4.90 Å². The molecule has 3 heteroatoms. The van der Waals surface area contributed by atoms with E-state index >= 15 is 0 Å². The number of piperidine rings is 1. The van der Waals surface area contributed by atoms with E-state index in [1.807, 2.05) is 33.0 Å². The van der Waals surface area contributed by atoms with Crippen LogP contribution in [0.3, 0.4) is 0 Å². The van der Waals surface area contributed by atoms with Crippen LogP contribution in [-0.4, -0.2) is 23.1 Å². The Bertz CT molecular complexity index is 341. The van der Waals surface area contributed by atoms with E-state index in [1.165, 1.54) is 12.8 Å². The summed E-state index contributed by atoms with van der Waals surface area (Å²) in [6, 6.07) is 1.95. The van der Waals surface area contributed by atoms with Gasteiger partial charge in [0, 0.05) is 25.0 Å². The van der Waals surface area contributed by atoms with Crippen LogP contribution in [0, 0.1) is 18.8 Å². The van der Waals surface area contributed by atoms with E-state index in [0.717, 1.165) is 36.6 Å². The molecule has 2 heterocycles. The molecule has 0 N–H and O–H groups in total. The van der Waals surface area contributed by atoms with Gasteiger partial charge in [-0.05, 0) is 37.7 Å². The molecule has 0 aliphatic carbocycles. The summed E-state index contributed by atoms with van der Waals surface area (Å²) < 4.78 is 0. The van der Waals surface area contributed by atoms with Crippen molar-refractivity contribution in [1.29, 1.82) is 0 Å². The van der Waals surface area contributed by atoms with Gasteiger partial charge in [-0.1, -0.05) is 27.7 Å². The summed E-state index contributed by atoms with van der Waals surface area (Å²) in [5, 5.41) is 0. The molecule has 0 bridgehead atoms. The fourth-order valence-corrected chi connectivity index (χ4v) is 2.35. The SMILES string of the molecule is CC.Cc1ccnc(N2CCC(C(C)C)CC2)n1. The maximum Gasteiger partial charge on any atom is 0.225 e. The molecule has 3 nitrogen and oxygen atoms in total. The molecule has 0 spiro atoms. The van der Waals surface area contributed by atoms with Gasteiger partial charge in [0.15, 0.2) is 0 Å². The molecule has 0 atom stereocenters. The Kier molecular flexibility index (Phi) is 6.10. The highest BCUT2D eigenvalue weighted by atomic mass is 15.2. The maximum atomic E-state index is 4.48. The first-order valence-electron chi connectivity index (χ1n) is 7.21. The molecular formula is C15H27N3. The van der Waals surface area contributed by atoms with E-state index in [1.54, 1.807) is 0 Å². The highest BCUT2D eigenvalue weighted by Crippen LogP contribution is 2.26. The Morgan fingerprint density at radius 2 is 1.83 bits per heavy atom. The zero-order valence-electron chi connectivity index (χ0n) is 12.5. The number of rotatable bonds is 2. The van der Waals surface area contributed by atoms with Gasteiger partial charge in [0.2, 0.25) is 5.95 Å². The van der Waals surface area contributed by atoms with Crippen LogP contribution >= 0.6 is 0 Å². The van der Waals surface area contributed by atoms with Gasteiger partial charge in [0.05, 0.1) is 0 Å². The fourth-order valence-electron chi connectivity index (χ4n) is 2.35. The molecule has 1 aromatic heterocycles. The number of anilines is 1. The molecule has 0 aromatic carbocycles. The summed E-state index contributed by atoms with van der Waals surface area (Å²) in [5.41, 5.74) is 1.05. The van der Waals surface area contributed by atoms with Crippen LogP contribution in [0.15, 0.2) is 12.3 Å². The Morgan fingerprint density at radius 1 is 1.22 bits per heavy atom. The summed E-state index contributed by atoms with van der Waals surface area (Å²) in [5.74, 6) is 2.59. The quantitative estimate of drug-likeness (QED) is 0.800. The van der Waals surface area contributed by atoms with E-state index in [4.69, 9.17) is 0 Å². The predicted molar refractivity (Wildman–Crippen MR) is 77.9 cm³/mol. The number of hydrogen-bond acceptors (Lipinski definition) is 3. The zero-order chi connectivity index (χ0) is 13.5. The molecule has 102 valence electrons. The molecule has 1 aliphatic heterocycles. The van der Waals surface area contributed by atoms with Crippen LogP contribution in [0.1, 0.15) is 46.2 Å². The minimum absolute atomic E-state index is 0.806. The van der Waals surface area contributed by atoms with E-state index in [0.29, 0.717) is 0 Å². The van der Waals surface area contributed by atoms with Crippen molar-refractivity contribution >= 4 is 5.95 Å². The van der Waals surface area contributed by atoms with Crippen molar-refractivity contribution in [1.82, 2.24) is 9.97 Å². The molecule has 0 radical (unpaired) electrons. The third-order valence-electron chi connectivity index (χ3n) is 3.55. The van der Waals surface area contributed by atoms with E-state index in [-0.39, 0.29) is 0 Å². The Morgan fingerprint density at radius 3 is 2.33 bits per heavy atom. The zero-order valence-corrected chi connectivity index (χ0v) is 12.5. The highest BCUT2D eigenvalue weighted by Gasteiger charge is 2.22. The minimum Gasteiger partial charge on any atom is -0.341 e. The van der Waals surface area contributed by atoms with Crippen LogP contribution in [0.4, 0.5) is 5.95 Å². The van der Waals surface area contributed by atoms with Crippen molar-refractivity contribution in [3.05, 3.63) is 18.0 Å². The summed E-state index contributed by atoms with van der Waals surface area (Å²) in [6.45, 7) is 12.9. The average Bonchev–Trinajstić information content (AvgIpc) is 2.41. The van der Waals surface area contributed by atoms with Gasteiger partial charge in [-0.3, -0.25) is 0 Å². The van der Waals surface area contributed by atoms with Crippen molar-refractivity contribution in [3.63, 3.8) is 0 Å². The molecule has 0 amide bonds. The lowest BCUT2D eigenvalue weighted by Crippen LogP contribution is -2.36. The minimum atomic E-state index is 0.806. The van der Waals surface area contributed by atoms with Gasteiger partial charge in [-0.25, -0.2) is 9.97 Å². The molecular weight excluding hydrogens is 222 g/mol. The number of nitrogens with zero attached hydrogens (tertiary/aromatic N) is 3. The van der Waals surface area contributed by atoms with E-state index in [2.05, 4.69) is 28.7 Å². The molecule has 1 fully saturated rings. The first kappa shape index (κ1) is 14.9. The Labute approximate surface area is 112 Å². The third-order valence-corrected chi connectivity index (χ3v) is 3.55. The van der Waals surface area contributed by atoms with Crippen LogP contribution in [0.25, 0.3) is 0 Å². The molecule has 18 heavy (non-hydrogen) atoms. The van der Waals surface area contributed by atoms with Crippen molar-refractivity contribution < 1.29 is 0 Å². The Balaban J connectivity index is 0.000000771. The maximum absolute atomic E-state index is 4.48. The summed E-state index contributed by atoms with van der Waals surface area (Å²) >= 11 is 0. The predicted octanol–water partition coefficient (Wildman–Crippen LogP) is 3.68. The fraction of sp³-hybridized carbons (Fsp3) is 0.733.